The van der Waals surface area contributed by atoms with Gasteiger partial charge in [-0.25, -0.2) is 5.43 Å². The van der Waals surface area contributed by atoms with Gasteiger partial charge in [0.2, 0.25) is 0 Å². The highest BCUT2D eigenvalue weighted by Crippen LogP contribution is 2.26. The fraction of sp³-hybridized carbons (Fsp3) is 0.0833. The average Bonchev–Trinajstić information content (AvgIpc) is 2.73. The van der Waals surface area contributed by atoms with Crippen LogP contribution in [0.5, 0.6) is 5.75 Å². The van der Waals surface area contributed by atoms with E-state index in [2.05, 4.69) is 15.8 Å². The Morgan fingerprint density at radius 2 is 1.79 bits per heavy atom. The molecule has 5 heteroatoms. The minimum absolute atomic E-state index is 0.0893. The third kappa shape index (κ3) is 4.04. The molecule has 0 saturated carbocycles. The Morgan fingerprint density at radius 3 is 2.69 bits per heavy atom. The molecule has 0 aliphatic heterocycles. The van der Waals surface area contributed by atoms with Crippen LogP contribution in [0, 0.1) is 6.92 Å². The maximum absolute atomic E-state index is 12.2. The Morgan fingerprint density at radius 1 is 0.966 bits per heavy atom. The number of carbonyl (C=O) groups excluding carboxylic acids is 1. The number of amides is 1. The van der Waals surface area contributed by atoms with Crippen molar-refractivity contribution in [2.75, 3.05) is 11.9 Å². The molecule has 0 aliphatic rings. The highest BCUT2D eigenvalue weighted by atomic mass is 16.3. The van der Waals surface area contributed by atoms with Crippen LogP contribution in [0.15, 0.2) is 77.9 Å². The van der Waals surface area contributed by atoms with Crippen molar-refractivity contribution in [1.82, 2.24) is 5.43 Å². The maximum atomic E-state index is 12.2. The molecule has 0 aliphatic carbocycles. The molecule has 0 heterocycles. The second-order valence-electron chi connectivity index (χ2n) is 6.90. The molecular weight excluding hydrogens is 362 g/mol. The number of hydrogen-bond acceptors (Lipinski definition) is 4. The number of nitrogens with one attached hydrogen (secondary N) is 2. The van der Waals surface area contributed by atoms with Gasteiger partial charge in [0.05, 0.1) is 12.8 Å². The first kappa shape index (κ1) is 18.5. The van der Waals surface area contributed by atoms with Crippen molar-refractivity contribution in [2.45, 2.75) is 6.92 Å². The molecule has 0 aromatic heterocycles. The zero-order valence-electron chi connectivity index (χ0n) is 16.0. The van der Waals surface area contributed by atoms with Gasteiger partial charge in [-0.2, -0.15) is 5.10 Å². The van der Waals surface area contributed by atoms with Crippen LogP contribution in [-0.4, -0.2) is 23.8 Å². The molecular formula is C24H21N3O2. The third-order valence-electron chi connectivity index (χ3n) is 4.81. The van der Waals surface area contributed by atoms with Crippen LogP contribution in [0.4, 0.5) is 5.69 Å². The fourth-order valence-corrected chi connectivity index (χ4v) is 3.36. The Balaban J connectivity index is 1.44. The van der Waals surface area contributed by atoms with Gasteiger partial charge in [-0.05, 0) is 35.2 Å². The number of hydrazone groups is 1. The highest BCUT2D eigenvalue weighted by molar-refractivity contribution is 6.03. The largest absolute Gasteiger partial charge is 0.507 e. The second-order valence-corrected chi connectivity index (χ2v) is 6.90. The van der Waals surface area contributed by atoms with Crippen LogP contribution >= 0.6 is 0 Å². The number of carbonyl (C=O) groups is 1. The van der Waals surface area contributed by atoms with Gasteiger partial charge in [0.15, 0.2) is 0 Å². The lowest BCUT2D eigenvalue weighted by molar-refractivity contribution is -0.119. The lowest BCUT2D eigenvalue weighted by Crippen LogP contribution is -2.25. The number of aromatic hydroxyl groups is 1. The van der Waals surface area contributed by atoms with E-state index in [1.54, 1.807) is 6.07 Å². The van der Waals surface area contributed by atoms with Crippen molar-refractivity contribution in [2.24, 2.45) is 5.10 Å². The van der Waals surface area contributed by atoms with E-state index in [9.17, 15) is 9.90 Å². The summed E-state index contributed by atoms with van der Waals surface area (Å²) in [7, 11) is 0. The van der Waals surface area contributed by atoms with Gasteiger partial charge in [0, 0.05) is 16.6 Å². The molecule has 0 spiro atoms. The lowest BCUT2D eigenvalue weighted by Gasteiger charge is -2.09. The van der Waals surface area contributed by atoms with Crippen molar-refractivity contribution >= 4 is 39.4 Å². The molecule has 0 bridgehead atoms. The summed E-state index contributed by atoms with van der Waals surface area (Å²) in [5.74, 6) is -0.155. The number of nitrogens with zero attached hydrogens (tertiary/aromatic N) is 1. The van der Waals surface area contributed by atoms with E-state index in [-0.39, 0.29) is 18.2 Å². The van der Waals surface area contributed by atoms with E-state index in [0.29, 0.717) is 5.56 Å². The summed E-state index contributed by atoms with van der Waals surface area (Å²) in [4.78, 5) is 12.2. The van der Waals surface area contributed by atoms with Crippen molar-refractivity contribution in [1.29, 1.82) is 0 Å². The first-order valence-corrected chi connectivity index (χ1v) is 9.38. The molecule has 4 aromatic rings. The average molecular weight is 383 g/mol. The van der Waals surface area contributed by atoms with Crippen molar-refractivity contribution in [3.05, 3.63) is 83.9 Å². The number of hydrogen-bond donors (Lipinski definition) is 3. The van der Waals surface area contributed by atoms with Crippen LogP contribution in [0.3, 0.4) is 0 Å². The summed E-state index contributed by atoms with van der Waals surface area (Å²) in [5.41, 5.74) is 5.11. The zero-order valence-corrected chi connectivity index (χ0v) is 16.0. The Kier molecular flexibility index (Phi) is 5.12. The number of benzene rings is 4. The first-order chi connectivity index (χ1) is 14.1. The van der Waals surface area contributed by atoms with Gasteiger partial charge in [-0.15, -0.1) is 0 Å². The summed E-state index contributed by atoms with van der Waals surface area (Å²) < 4.78 is 0. The molecule has 5 nitrogen and oxygen atoms in total. The monoisotopic (exact) mass is 383 g/mol. The van der Waals surface area contributed by atoms with E-state index >= 15 is 0 Å². The van der Waals surface area contributed by atoms with E-state index in [0.717, 1.165) is 32.8 Å². The summed E-state index contributed by atoms with van der Waals surface area (Å²) >= 11 is 0. The van der Waals surface area contributed by atoms with E-state index < -0.39 is 0 Å². The molecule has 0 unspecified atom stereocenters. The number of fused-ring (bicyclic) bond motifs is 2. The fourth-order valence-electron chi connectivity index (χ4n) is 3.36. The third-order valence-corrected chi connectivity index (χ3v) is 4.81. The highest BCUT2D eigenvalue weighted by Gasteiger charge is 2.06. The van der Waals surface area contributed by atoms with E-state index in [1.165, 1.54) is 6.21 Å². The second kappa shape index (κ2) is 8.02. The van der Waals surface area contributed by atoms with Crippen molar-refractivity contribution in [3.8, 4) is 5.75 Å². The summed E-state index contributed by atoms with van der Waals surface area (Å²) in [5, 5.41) is 21.4. The first-order valence-electron chi connectivity index (χ1n) is 9.38. The van der Waals surface area contributed by atoms with E-state index in [1.807, 2.05) is 73.7 Å². The Labute approximate surface area is 168 Å². The van der Waals surface area contributed by atoms with Crippen LogP contribution in [0.2, 0.25) is 0 Å². The Bertz CT molecular complexity index is 1230. The molecule has 1 amide bonds. The van der Waals surface area contributed by atoms with Gasteiger partial charge >= 0.3 is 0 Å². The standard InChI is InChI=1S/C24H21N3O2/c1-16-9-11-19-18(13-16)10-12-23(28)21(19)14-26-27-24(29)15-25-22-8-4-6-17-5-2-3-7-20(17)22/h2-14,25,28H,15H2,1H3,(H,27,29)/b26-14+. The van der Waals surface area contributed by atoms with Crippen LogP contribution in [-0.2, 0) is 4.79 Å². The quantitative estimate of drug-likeness (QED) is 0.349. The summed E-state index contributed by atoms with van der Waals surface area (Å²) in [6.45, 7) is 2.11. The summed E-state index contributed by atoms with van der Waals surface area (Å²) in [6.07, 6.45) is 1.48. The van der Waals surface area contributed by atoms with E-state index in [4.69, 9.17) is 0 Å². The number of rotatable bonds is 5. The molecule has 29 heavy (non-hydrogen) atoms. The van der Waals surface area contributed by atoms with Crippen LogP contribution < -0.4 is 10.7 Å². The predicted octanol–water partition coefficient (Wildman–Crippen LogP) is 4.57. The minimum Gasteiger partial charge on any atom is -0.507 e. The van der Waals surface area contributed by atoms with Crippen molar-refractivity contribution in [3.63, 3.8) is 0 Å². The molecule has 4 rings (SSSR count). The number of phenols is 1. The number of anilines is 1. The smallest absolute Gasteiger partial charge is 0.259 e. The minimum atomic E-state index is -0.273. The molecule has 3 N–H and O–H groups in total. The molecule has 0 radical (unpaired) electrons. The zero-order chi connectivity index (χ0) is 20.2. The molecule has 0 atom stereocenters. The normalized spacial score (nSPS) is 11.2. The lowest BCUT2D eigenvalue weighted by atomic mass is 10.0. The topological polar surface area (TPSA) is 73.7 Å². The molecule has 0 fully saturated rings. The van der Waals surface area contributed by atoms with Gasteiger partial charge in [0.1, 0.15) is 5.75 Å². The number of phenolic OH excluding ortho intramolecular Hbond substituents is 1. The van der Waals surface area contributed by atoms with Gasteiger partial charge in [-0.1, -0.05) is 66.2 Å². The molecule has 4 aromatic carbocycles. The molecule has 0 saturated heterocycles. The van der Waals surface area contributed by atoms with Gasteiger partial charge in [0.25, 0.3) is 5.91 Å². The molecule has 144 valence electrons. The Hall–Kier alpha value is -3.86. The van der Waals surface area contributed by atoms with Gasteiger partial charge in [-0.3, -0.25) is 4.79 Å². The van der Waals surface area contributed by atoms with Crippen LogP contribution in [0.25, 0.3) is 21.5 Å². The maximum Gasteiger partial charge on any atom is 0.259 e. The van der Waals surface area contributed by atoms with Crippen molar-refractivity contribution < 1.29 is 9.90 Å². The summed E-state index contributed by atoms with van der Waals surface area (Å²) in [6, 6.07) is 23.4. The SMILES string of the molecule is Cc1ccc2c(/C=N/NC(=O)CNc3cccc4ccccc34)c(O)ccc2c1. The van der Waals surface area contributed by atoms with Crippen LogP contribution in [0.1, 0.15) is 11.1 Å². The number of aryl methyl sites for hydroxylation is 1. The predicted molar refractivity (Wildman–Crippen MR) is 119 cm³/mol. The van der Waals surface area contributed by atoms with Gasteiger partial charge < -0.3 is 10.4 Å².